The van der Waals surface area contributed by atoms with Crippen molar-refractivity contribution in [2.24, 2.45) is 0 Å². The summed E-state index contributed by atoms with van der Waals surface area (Å²) < 4.78 is 2.11. The van der Waals surface area contributed by atoms with E-state index in [-0.39, 0.29) is 5.91 Å². The summed E-state index contributed by atoms with van der Waals surface area (Å²) in [6.07, 6.45) is 10.8. The number of amides is 1. The molecule has 0 radical (unpaired) electrons. The second-order valence-electron chi connectivity index (χ2n) is 6.27. The van der Waals surface area contributed by atoms with E-state index in [0.717, 1.165) is 31.6 Å². The standard InChI is InChI=1S/C16H26N4O/c21-16(19-9-4-1-5-10-19)13-17-12-14-8-11-20(18-14)15-6-2-3-7-15/h8,11,15,17H,1-7,9-10,12-13H2. The lowest BCUT2D eigenvalue weighted by atomic mass is 10.1. The predicted octanol–water partition coefficient (Wildman–Crippen LogP) is 2.10. The van der Waals surface area contributed by atoms with E-state index in [0.29, 0.717) is 19.1 Å². The highest BCUT2D eigenvalue weighted by molar-refractivity contribution is 5.78. The Kier molecular flexibility index (Phi) is 4.91. The summed E-state index contributed by atoms with van der Waals surface area (Å²) in [5.74, 6) is 0.227. The fourth-order valence-electron chi connectivity index (χ4n) is 3.40. The summed E-state index contributed by atoms with van der Waals surface area (Å²) in [6, 6.07) is 2.66. The van der Waals surface area contributed by atoms with E-state index in [1.807, 2.05) is 4.90 Å². The third-order valence-corrected chi connectivity index (χ3v) is 4.65. The van der Waals surface area contributed by atoms with Crippen LogP contribution in [0, 0.1) is 0 Å². The van der Waals surface area contributed by atoms with Gasteiger partial charge in [0.1, 0.15) is 0 Å². The monoisotopic (exact) mass is 290 g/mol. The molecule has 0 atom stereocenters. The summed E-state index contributed by atoms with van der Waals surface area (Å²) >= 11 is 0. The zero-order chi connectivity index (χ0) is 14.5. The lowest BCUT2D eigenvalue weighted by molar-refractivity contribution is -0.131. The fraction of sp³-hybridized carbons (Fsp3) is 0.750. The molecule has 5 heteroatoms. The molecule has 21 heavy (non-hydrogen) atoms. The molecule has 0 bridgehead atoms. The first kappa shape index (κ1) is 14.6. The highest BCUT2D eigenvalue weighted by Gasteiger charge is 2.18. The molecule has 1 aliphatic heterocycles. The predicted molar refractivity (Wildman–Crippen MR) is 81.9 cm³/mol. The molecule has 0 unspecified atom stereocenters. The second-order valence-corrected chi connectivity index (χ2v) is 6.27. The van der Waals surface area contributed by atoms with Crippen LogP contribution in [0.1, 0.15) is 56.7 Å². The number of rotatable bonds is 5. The number of aromatic nitrogens is 2. The largest absolute Gasteiger partial charge is 0.342 e. The van der Waals surface area contributed by atoms with Gasteiger partial charge < -0.3 is 10.2 Å². The first-order chi connectivity index (χ1) is 10.3. The van der Waals surface area contributed by atoms with E-state index in [9.17, 15) is 4.79 Å². The van der Waals surface area contributed by atoms with Crippen molar-refractivity contribution in [2.45, 2.75) is 57.5 Å². The van der Waals surface area contributed by atoms with Gasteiger partial charge in [0.2, 0.25) is 5.91 Å². The van der Waals surface area contributed by atoms with Crippen molar-refractivity contribution in [1.82, 2.24) is 20.0 Å². The van der Waals surface area contributed by atoms with Gasteiger partial charge >= 0.3 is 0 Å². The van der Waals surface area contributed by atoms with Gasteiger partial charge in [-0.25, -0.2) is 0 Å². The van der Waals surface area contributed by atoms with Gasteiger partial charge in [0, 0.05) is 25.8 Å². The second kappa shape index (κ2) is 7.07. The maximum Gasteiger partial charge on any atom is 0.236 e. The van der Waals surface area contributed by atoms with Crippen LogP contribution in [0.15, 0.2) is 12.3 Å². The van der Waals surface area contributed by atoms with Crippen LogP contribution in [0.25, 0.3) is 0 Å². The van der Waals surface area contributed by atoms with Crippen LogP contribution in [0.4, 0.5) is 0 Å². The normalized spacial score (nSPS) is 20.1. The van der Waals surface area contributed by atoms with E-state index in [4.69, 9.17) is 0 Å². The molecule has 1 aliphatic carbocycles. The third-order valence-electron chi connectivity index (χ3n) is 4.65. The van der Waals surface area contributed by atoms with E-state index >= 15 is 0 Å². The third kappa shape index (κ3) is 3.84. The molecule has 0 aromatic carbocycles. The molecule has 116 valence electrons. The summed E-state index contributed by atoms with van der Waals surface area (Å²) in [5, 5.41) is 7.87. The van der Waals surface area contributed by atoms with Crippen molar-refractivity contribution in [2.75, 3.05) is 19.6 Å². The van der Waals surface area contributed by atoms with Crippen molar-refractivity contribution >= 4 is 5.91 Å². The quantitative estimate of drug-likeness (QED) is 0.903. The van der Waals surface area contributed by atoms with Crippen LogP contribution in [0.2, 0.25) is 0 Å². The van der Waals surface area contributed by atoms with Crippen LogP contribution in [-0.4, -0.2) is 40.2 Å². The molecule has 1 saturated heterocycles. The first-order valence-electron chi connectivity index (χ1n) is 8.35. The molecular formula is C16H26N4O. The Morgan fingerprint density at radius 3 is 2.71 bits per heavy atom. The minimum absolute atomic E-state index is 0.227. The van der Waals surface area contributed by atoms with Crippen LogP contribution in [0.3, 0.4) is 0 Å². The van der Waals surface area contributed by atoms with Crippen LogP contribution in [-0.2, 0) is 11.3 Å². The molecule has 1 amide bonds. The van der Waals surface area contributed by atoms with Crippen molar-refractivity contribution in [3.05, 3.63) is 18.0 Å². The average molecular weight is 290 g/mol. The van der Waals surface area contributed by atoms with Gasteiger partial charge in [-0.15, -0.1) is 0 Å². The van der Waals surface area contributed by atoms with Crippen molar-refractivity contribution < 1.29 is 4.79 Å². The van der Waals surface area contributed by atoms with E-state index in [2.05, 4.69) is 27.4 Å². The van der Waals surface area contributed by atoms with Crippen molar-refractivity contribution in [3.63, 3.8) is 0 Å². The summed E-state index contributed by atoms with van der Waals surface area (Å²) in [4.78, 5) is 14.0. The Morgan fingerprint density at radius 1 is 1.19 bits per heavy atom. The number of hydrogen-bond donors (Lipinski definition) is 1. The molecule has 3 rings (SSSR count). The molecule has 1 saturated carbocycles. The van der Waals surface area contributed by atoms with Gasteiger partial charge in [0.05, 0.1) is 18.3 Å². The van der Waals surface area contributed by atoms with Crippen LogP contribution >= 0.6 is 0 Å². The minimum Gasteiger partial charge on any atom is -0.342 e. The molecule has 1 aromatic rings. The number of piperidine rings is 1. The van der Waals surface area contributed by atoms with Gasteiger partial charge in [-0.1, -0.05) is 12.8 Å². The smallest absolute Gasteiger partial charge is 0.236 e. The lowest BCUT2D eigenvalue weighted by Crippen LogP contribution is -2.41. The lowest BCUT2D eigenvalue weighted by Gasteiger charge is -2.26. The number of nitrogens with zero attached hydrogens (tertiary/aromatic N) is 3. The summed E-state index contributed by atoms with van der Waals surface area (Å²) in [5.41, 5.74) is 1.04. The van der Waals surface area contributed by atoms with Crippen molar-refractivity contribution in [1.29, 1.82) is 0 Å². The number of hydrogen-bond acceptors (Lipinski definition) is 3. The maximum absolute atomic E-state index is 12.0. The van der Waals surface area contributed by atoms with Gasteiger partial charge in [0.15, 0.2) is 0 Å². The first-order valence-corrected chi connectivity index (χ1v) is 8.35. The molecule has 2 heterocycles. The Hall–Kier alpha value is -1.36. The molecular weight excluding hydrogens is 264 g/mol. The zero-order valence-corrected chi connectivity index (χ0v) is 12.8. The molecule has 0 spiro atoms. The molecule has 1 N–H and O–H groups in total. The highest BCUT2D eigenvalue weighted by atomic mass is 16.2. The Labute approximate surface area is 126 Å². The molecule has 5 nitrogen and oxygen atoms in total. The Morgan fingerprint density at radius 2 is 1.95 bits per heavy atom. The van der Waals surface area contributed by atoms with Gasteiger partial charge in [-0.05, 0) is 38.2 Å². The highest BCUT2D eigenvalue weighted by Crippen LogP contribution is 2.28. The Bertz CT molecular complexity index is 459. The van der Waals surface area contributed by atoms with Gasteiger partial charge in [-0.2, -0.15) is 5.10 Å². The average Bonchev–Trinajstić information content (AvgIpc) is 3.19. The van der Waals surface area contributed by atoms with E-state index in [1.165, 1.54) is 32.1 Å². The molecule has 2 fully saturated rings. The summed E-state index contributed by atoms with van der Waals surface area (Å²) in [7, 11) is 0. The van der Waals surface area contributed by atoms with E-state index in [1.54, 1.807) is 0 Å². The number of nitrogens with one attached hydrogen (secondary N) is 1. The SMILES string of the molecule is O=C(CNCc1ccn(C2CCCC2)n1)N1CCCCC1. The zero-order valence-electron chi connectivity index (χ0n) is 12.8. The molecule has 1 aromatic heterocycles. The van der Waals surface area contributed by atoms with E-state index < -0.39 is 0 Å². The number of likely N-dealkylation sites (tertiary alicyclic amines) is 1. The fourth-order valence-corrected chi connectivity index (χ4v) is 3.40. The topological polar surface area (TPSA) is 50.2 Å². The Balaban J connectivity index is 1.41. The summed E-state index contributed by atoms with van der Waals surface area (Å²) in [6.45, 7) is 2.96. The molecule has 2 aliphatic rings. The maximum atomic E-state index is 12.0. The van der Waals surface area contributed by atoms with Crippen LogP contribution < -0.4 is 5.32 Å². The number of carbonyl (C=O) groups excluding carboxylic acids is 1. The van der Waals surface area contributed by atoms with Gasteiger partial charge in [-0.3, -0.25) is 9.48 Å². The minimum atomic E-state index is 0.227. The van der Waals surface area contributed by atoms with Crippen molar-refractivity contribution in [3.8, 4) is 0 Å². The van der Waals surface area contributed by atoms with Crippen LogP contribution in [0.5, 0.6) is 0 Å². The number of carbonyl (C=O) groups is 1. The van der Waals surface area contributed by atoms with Gasteiger partial charge in [0.25, 0.3) is 0 Å².